The molecule has 0 aromatic rings. The predicted molar refractivity (Wildman–Crippen MR) is 49.0 cm³/mol. The lowest BCUT2D eigenvalue weighted by atomic mass is 10.3. The smallest absolute Gasteiger partial charge is 0.222 e. The molecule has 0 aliphatic rings. The van der Waals surface area contributed by atoms with Gasteiger partial charge in [0.25, 0.3) is 0 Å². The van der Waals surface area contributed by atoms with Crippen molar-refractivity contribution in [2.75, 3.05) is 6.54 Å². The van der Waals surface area contributed by atoms with Crippen LogP contribution in [-0.2, 0) is 4.57 Å². The van der Waals surface area contributed by atoms with Gasteiger partial charge >= 0.3 is 0 Å². The van der Waals surface area contributed by atoms with Crippen LogP contribution in [0.4, 0.5) is 0 Å². The molecular weight excluding hydrogens is 166 g/mol. The largest absolute Gasteiger partial charge is 0.285 e. The normalized spacial score (nSPS) is 16.7. The first kappa shape index (κ1) is 10.6. The van der Waals surface area contributed by atoms with Gasteiger partial charge in [-0.2, -0.15) is 0 Å². The van der Waals surface area contributed by atoms with Crippen LogP contribution in [0.1, 0.15) is 26.2 Å². The molecule has 0 radical (unpaired) electrons. The Morgan fingerprint density at radius 3 is 2.60 bits per heavy atom. The molecule has 10 heavy (non-hydrogen) atoms. The highest BCUT2D eigenvalue weighted by atomic mass is 32.0. The van der Waals surface area contributed by atoms with Gasteiger partial charge in [-0.3, -0.25) is 15.2 Å². The molecule has 0 bridgehead atoms. The molecule has 0 heterocycles. The first-order valence-electron chi connectivity index (χ1n) is 3.48. The third-order valence-corrected chi connectivity index (χ3v) is 2.40. The van der Waals surface area contributed by atoms with Crippen LogP contribution >= 0.6 is 16.1 Å². The van der Waals surface area contributed by atoms with Crippen LogP contribution in [0.2, 0.25) is 0 Å². The summed E-state index contributed by atoms with van der Waals surface area (Å²) in [5, 5.41) is 2.75. The molecule has 0 rings (SSSR count). The molecule has 0 aliphatic heterocycles. The lowest BCUT2D eigenvalue weighted by molar-refractivity contribution is 0.573. The zero-order valence-corrected chi connectivity index (χ0v) is 8.39. The summed E-state index contributed by atoms with van der Waals surface area (Å²) in [4.78, 5) is 0. The molecule has 62 valence electrons. The third kappa shape index (κ3) is 8.58. The van der Waals surface area contributed by atoms with Crippen LogP contribution < -0.4 is 10.6 Å². The van der Waals surface area contributed by atoms with E-state index < -0.39 is 7.13 Å². The van der Waals surface area contributed by atoms with Gasteiger partial charge in [-0.05, 0) is 15.3 Å². The van der Waals surface area contributed by atoms with Crippen molar-refractivity contribution in [3.8, 4) is 0 Å². The van der Waals surface area contributed by atoms with Crippen LogP contribution in [0.15, 0.2) is 0 Å². The SMILES string of the molecule is CCCCCNP(N)(=O)P. The fourth-order valence-corrected chi connectivity index (χ4v) is 1.52. The number of nitrogens with one attached hydrogen (secondary N) is 1. The minimum Gasteiger partial charge on any atom is -0.285 e. The molecule has 0 saturated heterocycles. The van der Waals surface area contributed by atoms with E-state index in [2.05, 4.69) is 20.9 Å². The summed E-state index contributed by atoms with van der Waals surface area (Å²) < 4.78 is 10.8. The average Bonchev–Trinajstić information content (AvgIpc) is 1.78. The molecule has 0 fully saturated rings. The summed E-state index contributed by atoms with van der Waals surface area (Å²) in [5.41, 5.74) is 5.23. The molecule has 0 amide bonds. The van der Waals surface area contributed by atoms with Crippen molar-refractivity contribution in [2.45, 2.75) is 26.2 Å². The van der Waals surface area contributed by atoms with Gasteiger partial charge in [0.2, 0.25) is 7.13 Å². The summed E-state index contributed by atoms with van der Waals surface area (Å²) in [5.74, 6) is 0. The van der Waals surface area contributed by atoms with Crippen LogP contribution in [-0.4, -0.2) is 6.54 Å². The van der Waals surface area contributed by atoms with Crippen LogP contribution in [0.3, 0.4) is 0 Å². The Morgan fingerprint density at radius 1 is 1.60 bits per heavy atom. The van der Waals surface area contributed by atoms with E-state index >= 15 is 0 Å². The maximum absolute atomic E-state index is 10.8. The Kier molecular flexibility index (Phi) is 5.56. The fraction of sp³-hybridized carbons (Fsp3) is 1.00. The molecule has 0 aromatic heterocycles. The van der Waals surface area contributed by atoms with E-state index in [0.717, 1.165) is 19.4 Å². The molecule has 2 atom stereocenters. The van der Waals surface area contributed by atoms with E-state index in [0.29, 0.717) is 0 Å². The van der Waals surface area contributed by atoms with Gasteiger partial charge in [-0.25, -0.2) is 0 Å². The van der Waals surface area contributed by atoms with Crippen molar-refractivity contribution >= 4 is 16.1 Å². The van der Waals surface area contributed by atoms with Gasteiger partial charge in [0.1, 0.15) is 0 Å². The van der Waals surface area contributed by atoms with Crippen molar-refractivity contribution in [3.05, 3.63) is 0 Å². The summed E-state index contributed by atoms with van der Waals surface area (Å²) in [6.45, 7) is 2.88. The highest BCUT2D eigenvalue weighted by molar-refractivity contribution is 8.15. The number of rotatable bonds is 5. The van der Waals surface area contributed by atoms with Crippen molar-refractivity contribution < 1.29 is 4.57 Å². The molecule has 5 heteroatoms. The fourth-order valence-electron chi connectivity index (χ4n) is 0.629. The third-order valence-electron chi connectivity index (χ3n) is 1.14. The van der Waals surface area contributed by atoms with E-state index in [1.165, 1.54) is 6.42 Å². The first-order chi connectivity index (χ1) is 4.56. The Hall–Kier alpha value is 0.580. The zero-order valence-electron chi connectivity index (χ0n) is 6.34. The summed E-state index contributed by atoms with van der Waals surface area (Å²) in [6.07, 6.45) is 3.39. The molecule has 3 N–H and O–H groups in total. The second kappa shape index (κ2) is 5.26. The van der Waals surface area contributed by atoms with Gasteiger partial charge in [-0.1, -0.05) is 19.8 Å². The summed E-state index contributed by atoms with van der Waals surface area (Å²) >= 11 is 0. The molecule has 0 spiro atoms. The second-order valence-electron chi connectivity index (χ2n) is 2.32. The van der Waals surface area contributed by atoms with Crippen molar-refractivity contribution in [1.82, 2.24) is 5.09 Å². The monoisotopic (exact) mass is 182 g/mol. The van der Waals surface area contributed by atoms with E-state index in [-0.39, 0.29) is 0 Å². The molecule has 0 aliphatic carbocycles. The summed E-state index contributed by atoms with van der Waals surface area (Å²) in [7, 11) is -0.415. The van der Waals surface area contributed by atoms with E-state index in [9.17, 15) is 4.57 Å². The van der Waals surface area contributed by atoms with Gasteiger partial charge in [0.15, 0.2) is 0 Å². The van der Waals surface area contributed by atoms with Gasteiger partial charge in [-0.15, -0.1) is 0 Å². The van der Waals surface area contributed by atoms with Gasteiger partial charge in [0, 0.05) is 6.54 Å². The molecular formula is C5H16N2OP2. The summed E-state index contributed by atoms with van der Waals surface area (Å²) in [6, 6.07) is 0. The minimum absolute atomic E-state index is 0.755. The topological polar surface area (TPSA) is 55.1 Å². The van der Waals surface area contributed by atoms with Crippen LogP contribution in [0.5, 0.6) is 0 Å². The lowest BCUT2D eigenvalue weighted by Crippen LogP contribution is -2.13. The number of nitrogens with two attached hydrogens (primary N) is 1. The maximum atomic E-state index is 10.8. The molecule has 3 nitrogen and oxygen atoms in total. The number of hydrogen-bond donors (Lipinski definition) is 2. The van der Waals surface area contributed by atoms with E-state index in [1.807, 2.05) is 0 Å². The van der Waals surface area contributed by atoms with Crippen molar-refractivity contribution in [3.63, 3.8) is 0 Å². The highest BCUT2D eigenvalue weighted by Gasteiger charge is 2.03. The Labute approximate surface area is 64.7 Å². The molecule has 2 unspecified atom stereocenters. The highest BCUT2D eigenvalue weighted by Crippen LogP contribution is 2.39. The Bertz CT molecular complexity index is 123. The second-order valence-corrected chi connectivity index (χ2v) is 6.36. The van der Waals surface area contributed by atoms with E-state index in [1.54, 1.807) is 0 Å². The van der Waals surface area contributed by atoms with Crippen molar-refractivity contribution in [2.24, 2.45) is 5.50 Å². The quantitative estimate of drug-likeness (QED) is 0.502. The number of hydrogen-bond acceptors (Lipinski definition) is 1. The van der Waals surface area contributed by atoms with Crippen LogP contribution in [0, 0.1) is 0 Å². The van der Waals surface area contributed by atoms with Crippen molar-refractivity contribution in [1.29, 1.82) is 0 Å². The Balaban J connectivity index is 3.13. The Morgan fingerprint density at radius 2 is 2.20 bits per heavy atom. The predicted octanol–water partition coefficient (Wildman–Crippen LogP) is 1.71. The average molecular weight is 182 g/mol. The van der Waals surface area contributed by atoms with Crippen LogP contribution in [0.25, 0.3) is 0 Å². The zero-order chi connectivity index (χ0) is 8.04. The lowest BCUT2D eigenvalue weighted by Gasteiger charge is -2.07. The van der Waals surface area contributed by atoms with E-state index in [4.69, 9.17) is 5.50 Å². The minimum atomic E-state index is -2.54. The first-order valence-corrected chi connectivity index (χ1v) is 6.88. The molecule has 0 saturated carbocycles. The van der Waals surface area contributed by atoms with Gasteiger partial charge < -0.3 is 0 Å². The van der Waals surface area contributed by atoms with Gasteiger partial charge in [0.05, 0.1) is 0 Å². The number of unbranched alkanes of at least 4 members (excludes halogenated alkanes) is 2. The molecule has 0 aromatic carbocycles. The maximum Gasteiger partial charge on any atom is 0.222 e. The standard InChI is InChI=1S/C5H16N2OP2/c1-2-3-4-5-7-10(6,8)9/h2-5,9H2,1H3,(H3,6,7,8).